The van der Waals surface area contributed by atoms with Gasteiger partial charge in [0.15, 0.2) is 5.78 Å². The average molecular weight is 470 g/mol. The smallest absolute Gasteiger partial charge is 0.337 e. The second-order valence-corrected chi connectivity index (χ2v) is 11.3. The minimum Gasteiger partial charge on any atom is -0.456 e. The summed E-state index contributed by atoms with van der Waals surface area (Å²) in [6, 6.07) is 13.9. The summed E-state index contributed by atoms with van der Waals surface area (Å²) in [5, 5.41) is 3.34. The molecular formula is C30H28FNO3. The van der Waals surface area contributed by atoms with Gasteiger partial charge in [0.25, 0.3) is 0 Å². The highest BCUT2D eigenvalue weighted by molar-refractivity contribution is 6.23. The van der Waals surface area contributed by atoms with E-state index in [4.69, 9.17) is 4.74 Å². The summed E-state index contributed by atoms with van der Waals surface area (Å²) in [6.07, 6.45) is 6.52. The number of carbonyl (C=O) groups is 2. The second kappa shape index (κ2) is 7.39. The highest BCUT2D eigenvalue weighted by Crippen LogP contribution is 2.58. The summed E-state index contributed by atoms with van der Waals surface area (Å²) in [5.74, 6) is 0.0877. The number of ketones is 1. The molecule has 4 fully saturated rings. The van der Waals surface area contributed by atoms with Crippen LogP contribution in [0.15, 0.2) is 65.4 Å². The van der Waals surface area contributed by atoms with Crippen molar-refractivity contribution in [3.63, 3.8) is 0 Å². The van der Waals surface area contributed by atoms with Gasteiger partial charge in [-0.1, -0.05) is 42.5 Å². The number of fused-ring (bicyclic) bond motifs is 2. The molecule has 1 aliphatic heterocycles. The molecule has 1 unspecified atom stereocenters. The maximum atomic E-state index is 15.2. The second-order valence-electron chi connectivity index (χ2n) is 11.3. The van der Waals surface area contributed by atoms with E-state index in [9.17, 15) is 9.59 Å². The summed E-state index contributed by atoms with van der Waals surface area (Å²) < 4.78 is 21.7. The number of Topliss-reactive ketones (excluding diaryl/α,β-unsaturated/α-hetero) is 1. The fraction of sp³-hybridized carbons (Fsp3) is 0.400. The maximum Gasteiger partial charge on any atom is 0.337 e. The van der Waals surface area contributed by atoms with Crippen LogP contribution in [-0.4, -0.2) is 17.4 Å². The first-order valence-corrected chi connectivity index (χ1v) is 12.8. The van der Waals surface area contributed by atoms with Gasteiger partial charge in [-0.25, -0.2) is 9.18 Å². The first-order chi connectivity index (χ1) is 16.9. The third kappa shape index (κ3) is 3.10. The Labute approximate surface area is 204 Å². The molecule has 0 amide bonds. The molecule has 1 heterocycles. The maximum absolute atomic E-state index is 15.2. The Bertz CT molecular complexity index is 1320. The van der Waals surface area contributed by atoms with Crippen LogP contribution in [-0.2, 0) is 9.53 Å². The van der Waals surface area contributed by atoms with E-state index in [-0.39, 0.29) is 5.78 Å². The Morgan fingerprint density at radius 2 is 1.54 bits per heavy atom. The average Bonchev–Trinajstić information content (AvgIpc) is 3.09. The summed E-state index contributed by atoms with van der Waals surface area (Å²) >= 11 is 0. The van der Waals surface area contributed by atoms with Crippen molar-refractivity contribution < 1.29 is 18.7 Å². The SMILES string of the molecule is CC1=C(C(=O)OC23CC4CC(CC(C4)C2)C3)C(c2ccccc2F)C2=C(N1)c1ccccc1C2=O. The van der Waals surface area contributed by atoms with Crippen molar-refractivity contribution in [3.8, 4) is 0 Å². The number of hydrogen-bond donors (Lipinski definition) is 1. The number of esters is 1. The lowest BCUT2D eigenvalue weighted by Gasteiger charge is -2.55. The molecule has 178 valence electrons. The third-order valence-electron chi connectivity index (χ3n) is 8.98. The van der Waals surface area contributed by atoms with Gasteiger partial charge in [-0.05, 0) is 69.3 Å². The molecule has 1 N–H and O–H groups in total. The third-order valence-corrected chi connectivity index (χ3v) is 8.98. The molecule has 2 aromatic rings. The summed E-state index contributed by atoms with van der Waals surface area (Å²) in [5.41, 5.74) is 3.36. The van der Waals surface area contributed by atoms with E-state index in [0.717, 1.165) is 24.8 Å². The fourth-order valence-corrected chi connectivity index (χ4v) is 8.03. The first kappa shape index (κ1) is 21.1. The van der Waals surface area contributed by atoms with Crippen LogP contribution in [0.1, 0.15) is 72.9 Å². The first-order valence-electron chi connectivity index (χ1n) is 12.8. The molecule has 2 aromatic carbocycles. The standard InChI is InChI=1S/C30H28FNO3/c1-16-24(29(34)35-30-13-17-10-18(14-30)12-19(11-17)15-30)25(22-8-4-5-9-23(22)31)26-27(32-16)20-6-2-3-7-21(20)28(26)33/h2-9,17-19,25,32H,10-15H2,1H3. The van der Waals surface area contributed by atoms with E-state index >= 15 is 4.39 Å². The van der Waals surface area contributed by atoms with Crippen molar-refractivity contribution in [1.82, 2.24) is 5.32 Å². The van der Waals surface area contributed by atoms with Gasteiger partial charge in [0.1, 0.15) is 11.4 Å². The number of rotatable bonds is 3. The topological polar surface area (TPSA) is 55.4 Å². The van der Waals surface area contributed by atoms with Crippen LogP contribution in [0.3, 0.4) is 0 Å². The summed E-state index contributed by atoms with van der Waals surface area (Å²) in [7, 11) is 0. The number of benzene rings is 2. The van der Waals surface area contributed by atoms with Crippen molar-refractivity contribution in [3.05, 3.63) is 87.9 Å². The number of halogens is 1. The largest absolute Gasteiger partial charge is 0.456 e. The van der Waals surface area contributed by atoms with Gasteiger partial charge < -0.3 is 10.1 Å². The number of carbonyl (C=O) groups excluding carboxylic acids is 2. The number of nitrogens with one attached hydrogen (secondary N) is 1. The van der Waals surface area contributed by atoms with Crippen molar-refractivity contribution >= 4 is 17.4 Å². The summed E-state index contributed by atoms with van der Waals surface area (Å²) in [6.45, 7) is 1.83. The molecule has 4 bridgehead atoms. The molecule has 4 saturated carbocycles. The molecule has 0 radical (unpaired) electrons. The van der Waals surface area contributed by atoms with Crippen molar-refractivity contribution in [2.75, 3.05) is 0 Å². The lowest BCUT2D eigenvalue weighted by Crippen LogP contribution is -2.53. The molecule has 1 atom stereocenters. The monoisotopic (exact) mass is 469 g/mol. The van der Waals surface area contributed by atoms with Crippen molar-refractivity contribution in [1.29, 1.82) is 0 Å². The molecule has 0 aromatic heterocycles. The van der Waals surface area contributed by atoms with Crippen LogP contribution in [0, 0.1) is 23.6 Å². The number of hydrogen-bond acceptors (Lipinski definition) is 4. The summed E-state index contributed by atoms with van der Waals surface area (Å²) in [4.78, 5) is 27.6. The van der Waals surface area contributed by atoms with Crippen molar-refractivity contribution in [2.24, 2.45) is 17.8 Å². The van der Waals surface area contributed by atoms with Crippen LogP contribution >= 0.6 is 0 Å². The lowest BCUT2D eigenvalue weighted by atomic mass is 9.54. The van der Waals surface area contributed by atoms with Gasteiger partial charge in [-0.2, -0.15) is 0 Å². The van der Waals surface area contributed by atoms with E-state index in [2.05, 4.69) is 5.32 Å². The van der Waals surface area contributed by atoms with Crippen LogP contribution in [0.4, 0.5) is 4.39 Å². The van der Waals surface area contributed by atoms with Gasteiger partial charge in [-0.15, -0.1) is 0 Å². The normalized spacial score (nSPS) is 32.5. The number of dihydropyridines is 1. The van der Waals surface area contributed by atoms with E-state index in [1.54, 1.807) is 24.3 Å². The molecule has 8 rings (SSSR count). The van der Waals surface area contributed by atoms with Crippen molar-refractivity contribution in [2.45, 2.75) is 57.0 Å². The fourth-order valence-electron chi connectivity index (χ4n) is 8.03. The number of ether oxygens (including phenoxy) is 1. The van der Waals surface area contributed by atoms with Gasteiger partial charge in [0, 0.05) is 28.0 Å². The van der Waals surface area contributed by atoms with E-state index in [1.807, 2.05) is 25.1 Å². The molecule has 0 spiro atoms. The molecular weight excluding hydrogens is 441 g/mol. The van der Waals surface area contributed by atoms with E-state index < -0.39 is 23.3 Å². The van der Waals surface area contributed by atoms with Crippen LogP contribution in [0.5, 0.6) is 0 Å². The Balaban J connectivity index is 1.32. The van der Waals surface area contributed by atoms with Gasteiger partial charge in [0.2, 0.25) is 0 Å². The van der Waals surface area contributed by atoms with Gasteiger partial charge in [0.05, 0.1) is 17.2 Å². The minimum absolute atomic E-state index is 0.163. The highest BCUT2D eigenvalue weighted by Gasteiger charge is 2.54. The van der Waals surface area contributed by atoms with Gasteiger partial charge in [-0.3, -0.25) is 4.79 Å². The quantitative estimate of drug-likeness (QED) is 0.568. The van der Waals surface area contributed by atoms with Crippen LogP contribution in [0.25, 0.3) is 5.70 Å². The minimum atomic E-state index is -0.811. The van der Waals surface area contributed by atoms with Crippen LogP contribution < -0.4 is 5.32 Å². The van der Waals surface area contributed by atoms with Crippen LogP contribution in [0.2, 0.25) is 0 Å². The molecule has 0 saturated heterocycles. The number of allylic oxidation sites excluding steroid dienone is 2. The predicted molar refractivity (Wildman–Crippen MR) is 130 cm³/mol. The Morgan fingerprint density at radius 1 is 0.943 bits per heavy atom. The molecule has 5 aliphatic carbocycles. The molecule has 35 heavy (non-hydrogen) atoms. The highest BCUT2D eigenvalue weighted by atomic mass is 19.1. The Kier molecular flexibility index (Phi) is 4.46. The lowest BCUT2D eigenvalue weighted by molar-refractivity contribution is -0.182. The molecule has 4 nitrogen and oxygen atoms in total. The Morgan fingerprint density at radius 3 is 2.20 bits per heavy atom. The predicted octanol–water partition coefficient (Wildman–Crippen LogP) is 5.91. The van der Waals surface area contributed by atoms with E-state index in [0.29, 0.717) is 51.4 Å². The zero-order chi connectivity index (χ0) is 23.9. The Hall–Kier alpha value is -3.21. The molecule has 5 heteroatoms. The van der Waals surface area contributed by atoms with Gasteiger partial charge >= 0.3 is 5.97 Å². The zero-order valence-corrected chi connectivity index (χ0v) is 19.8. The molecule has 6 aliphatic rings. The van der Waals surface area contributed by atoms with E-state index in [1.165, 1.54) is 25.3 Å². The zero-order valence-electron chi connectivity index (χ0n) is 19.8.